The Morgan fingerprint density at radius 3 is 2.27 bits per heavy atom. The van der Waals surface area contributed by atoms with E-state index in [1.54, 1.807) is 0 Å². The van der Waals surface area contributed by atoms with E-state index in [4.69, 9.17) is 5.73 Å². The second kappa shape index (κ2) is 10.3. The quantitative estimate of drug-likeness (QED) is 0.421. The van der Waals surface area contributed by atoms with Crippen LogP contribution in [0, 0.1) is 13.8 Å². The zero-order chi connectivity index (χ0) is 22.5. The minimum absolute atomic E-state index is 0.111. The van der Waals surface area contributed by atoms with Crippen LogP contribution in [0.3, 0.4) is 0 Å². The van der Waals surface area contributed by atoms with Crippen molar-refractivity contribution in [3.8, 4) is 0 Å². The number of nitrogens with two attached hydrogens (primary N) is 1. The van der Waals surface area contributed by atoms with Crippen LogP contribution in [-0.4, -0.2) is 36.0 Å². The van der Waals surface area contributed by atoms with Gasteiger partial charge >= 0.3 is 5.17 Å². The van der Waals surface area contributed by atoms with Crippen LogP contribution in [0.2, 0.25) is 0 Å². The van der Waals surface area contributed by atoms with Gasteiger partial charge in [-0.2, -0.15) is 9.98 Å². The van der Waals surface area contributed by atoms with Crippen molar-refractivity contribution in [1.82, 2.24) is 4.90 Å². The molecule has 0 heterocycles. The average molecular weight is 426 g/mol. The molecule has 0 saturated heterocycles. The number of likely N-dealkylation sites (N-methyl/N-ethyl adjacent to an activating group) is 1. The van der Waals surface area contributed by atoms with Crippen LogP contribution >= 0.6 is 0 Å². The molecule has 0 spiro atoms. The Bertz CT molecular complexity index is 921. The van der Waals surface area contributed by atoms with Gasteiger partial charge in [0.1, 0.15) is 5.84 Å². The Morgan fingerprint density at radius 1 is 1.07 bits per heavy atom. The van der Waals surface area contributed by atoms with E-state index in [1.165, 1.54) is 16.7 Å². The van der Waals surface area contributed by atoms with Crippen molar-refractivity contribution >= 4 is 29.3 Å². The van der Waals surface area contributed by atoms with Gasteiger partial charge in [-0.3, -0.25) is 0 Å². The number of aliphatic imine (C=N–C) groups is 2. The van der Waals surface area contributed by atoms with Crippen LogP contribution < -0.4 is 5.73 Å². The molecule has 2 rings (SSSR count). The molecular weight excluding hydrogens is 388 g/mol. The van der Waals surface area contributed by atoms with Crippen molar-refractivity contribution < 1.29 is 0 Å². The number of hydrogen-bond donors (Lipinski definition) is 1. The van der Waals surface area contributed by atoms with E-state index in [-0.39, 0.29) is 5.41 Å². The van der Waals surface area contributed by atoms with Gasteiger partial charge in [0.25, 0.3) is 0 Å². The molecule has 30 heavy (non-hydrogen) atoms. The van der Waals surface area contributed by atoms with E-state index in [9.17, 15) is 0 Å². The van der Waals surface area contributed by atoms with Crippen molar-refractivity contribution in [1.29, 1.82) is 0 Å². The summed E-state index contributed by atoms with van der Waals surface area (Å²) in [5.74, 6) is 0.442. The second-order valence-corrected chi connectivity index (χ2v) is 9.42. The zero-order valence-electron chi connectivity index (χ0n) is 19.5. The molecule has 0 aromatic heterocycles. The van der Waals surface area contributed by atoms with E-state index >= 15 is 0 Å². The van der Waals surface area contributed by atoms with Gasteiger partial charge in [-0.15, -0.1) is 0 Å². The molecule has 0 atom stereocenters. The van der Waals surface area contributed by atoms with Crippen molar-refractivity contribution in [2.24, 2.45) is 15.7 Å². The Morgan fingerprint density at radius 2 is 1.70 bits per heavy atom. The molecule has 4 nitrogen and oxygen atoms in total. The fourth-order valence-electron chi connectivity index (χ4n) is 3.18. The number of nitrogens with zero attached hydrogens (tertiary/aromatic N) is 3. The Kier molecular flexibility index (Phi) is 8.27. The van der Waals surface area contributed by atoms with E-state index in [0.29, 0.717) is 11.0 Å². The highest BCUT2D eigenvalue weighted by molar-refractivity contribution is 7.77. The normalized spacial score (nSPS) is 13.2. The molecular formula is C25H37N4S+. The summed E-state index contributed by atoms with van der Waals surface area (Å²) < 4.78 is 0. The molecule has 0 bridgehead atoms. The van der Waals surface area contributed by atoms with E-state index in [1.807, 2.05) is 12.1 Å². The van der Waals surface area contributed by atoms with Crippen molar-refractivity contribution in [3.63, 3.8) is 0 Å². The lowest BCUT2D eigenvalue weighted by atomic mass is 9.87. The lowest BCUT2D eigenvalue weighted by Crippen LogP contribution is -2.20. The maximum Gasteiger partial charge on any atom is 0.342 e. The maximum absolute atomic E-state index is 6.22. The van der Waals surface area contributed by atoms with E-state index < -0.39 is 0 Å². The highest BCUT2D eigenvalue weighted by Gasteiger charge is 2.14. The van der Waals surface area contributed by atoms with Gasteiger partial charge in [0, 0.05) is 24.7 Å². The predicted octanol–water partition coefficient (Wildman–Crippen LogP) is 4.50. The molecule has 2 aromatic rings. The first-order chi connectivity index (χ1) is 14.0. The third-order valence-electron chi connectivity index (χ3n) is 5.46. The minimum atomic E-state index is 0.111. The number of amidine groups is 2. The Hall–Kier alpha value is -2.11. The maximum atomic E-state index is 6.22. The SMILES string of the molecule is CCN(C)CCc1cc(C)c(N=C([SH2+])/N=C(\N)c2ccc(C(C)(C)C)cc2)cc1C. The first-order valence-electron chi connectivity index (χ1n) is 10.5. The molecule has 0 radical (unpaired) electrons. The molecule has 2 N–H and O–H groups in total. The summed E-state index contributed by atoms with van der Waals surface area (Å²) in [6, 6.07) is 12.6. The first-order valence-corrected chi connectivity index (χ1v) is 11.0. The van der Waals surface area contributed by atoms with Gasteiger partial charge in [0.05, 0.1) is 5.69 Å². The summed E-state index contributed by atoms with van der Waals surface area (Å²) in [6.07, 6.45) is 1.04. The minimum Gasteiger partial charge on any atom is -0.383 e. The van der Waals surface area contributed by atoms with Crippen molar-refractivity contribution in [2.75, 3.05) is 20.1 Å². The van der Waals surface area contributed by atoms with Gasteiger partial charge < -0.3 is 10.6 Å². The Labute approximate surface area is 187 Å². The van der Waals surface area contributed by atoms with Crippen LogP contribution in [0.1, 0.15) is 55.5 Å². The zero-order valence-corrected chi connectivity index (χ0v) is 20.5. The van der Waals surface area contributed by atoms with Gasteiger partial charge in [-0.25, -0.2) is 0 Å². The van der Waals surface area contributed by atoms with Crippen LogP contribution in [0.15, 0.2) is 46.4 Å². The van der Waals surface area contributed by atoms with Gasteiger partial charge in [-0.05, 0) is 67.6 Å². The van der Waals surface area contributed by atoms with Crippen molar-refractivity contribution in [2.45, 2.75) is 53.4 Å². The summed E-state index contributed by atoms with van der Waals surface area (Å²) in [5.41, 5.74) is 13.1. The summed E-state index contributed by atoms with van der Waals surface area (Å²) in [5, 5.41) is 0.466. The van der Waals surface area contributed by atoms with Crippen LogP contribution in [0.4, 0.5) is 5.69 Å². The molecule has 0 amide bonds. The van der Waals surface area contributed by atoms with Crippen LogP contribution in [0.25, 0.3) is 0 Å². The van der Waals surface area contributed by atoms with Crippen LogP contribution in [-0.2, 0) is 24.5 Å². The molecule has 0 saturated carbocycles. The van der Waals surface area contributed by atoms with Gasteiger partial charge in [0.15, 0.2) is 0 Å². The summed E-state index contributed by atoms with van der Waals surface area (Å²) in [7, 11) is 2.15. The van der Waals surface area contributed by atoms with E-state index in [2.05, 4.69) is 100 Å². The highest BCUT2D eigenvalue weighted by Crippen LogP contribution is 2.25. The van der Waals surface area contributed by atoms with Crippen LogP contribution in [0.5, 0.6) is 0 Å². The summed E-state index contributed by atoms with van der Waals surface area (Å²) in [6.45, 7) is 15.1. The summed E-state index contributed by atoms with van der Waals surface area (Å²) in [4.78, 5) is 11.4. The second-order valence-electron chi connectivity index (χ2n) is 8.97. The topological polar surface area (TPSA) is 54.0 Å². The number of rotatable bonds is 6. The van der Waals surface area contributed by atoms with E-state index in [0.717, 1.165) is 36.3 Å². The number of benzene rings is 2. The highest BCUT2D eigenvalue weighted by atomic mass is 32.1. The molecule has 0 aliphatic carbocycles. The molecule has 0 unspecified atom stereocenters. The first kappa shape index (κ1) is 24.2. The lowest BCUT2D eigenvalue weighted by Gasteiger charge is -2.19. The molecule has 5 heteroatoms. The molecule has 2 aromatic carbocycles. The average Bonchev–Trinajstić information content (AvgIpc) is 2.68. The monoisotopic (exact) mass is 425 g/mol. The fraction of sp³-hybridized carbons (Fsp3) is 0.440. The lowest BCUT2D eigenvalue weighted by molar-refractivity contribution is 0.357. The fourth-order valence-corrected chi connectivity index (χ4v) is 3.42. The largest absolute Gasteiger partial charge is 0.383 e. The summed E-state index contributed by atoms with van der Waals surface area (Å²) >= 11 is 3.53. The van der Waals surface area contributed by atoms with Crippen molar-refractivity contribution in [3.05, 3.63) is 64.2 Å². The molecule has 0 aliphatic rings. The van der Waals surface area contributed by atoms with Gasteiger partial charge in [0.2, 0.25) is 0 Å². The van der Waals surface area contributed by atoms with Gasteiger partial charge in [-0.1, -0.05) is 58.0 Å². The number of aryl methyl sites for hydroxylation is 2. The Balaban J connectivity index is 2.20. The predicted molar refractivity (Wildman–Crippen MR) is 136 cm³/mol. The smallest absolute Gasteiger partial charge is 0.342 e. The standard InChI is InChI=1S/C25H36N4S/c1-8-29(7)14-13-20-15-18(3)22(16-17(20)2)27-24(30)28-23(26)19-9-11-21(12-10-19)25(4,5)6/h9-12,15-16H,8,13-14H2,1-7H3,(H3,26,27,28,30)/p+1. The third kappa shape index (κ3) is 6.71. The molecule has 0 aliphatic heterocycles. The third-order valence-corrected chi connectivity index (χ3v) is 5.68. The molecule has 0 fully saturated rings. The molecule has 162 valence electrons. The number of hydrogen-bond acceptors (Lipinski definition) is 2.